The first kappa shape index (κ1) is 16.3. The summed E-state index contributed by atoms with van der Waals surface area (Å²) < 4.78 is 11.8. The monoisotopic (exact) mass is 340 g/mol. The summed E-state index contributed by atoms with van der Waals surface area (Å²) in [6.45, 7) is 0. The van der Waals surface area contributed by atoms with Gasteiger partial charge in [-0.15, -0.1) is 0 Å². The zero-order valence-corrected chi connectivity index (χ0v) is 13.6. The highest BCUT2D eigenvalue weighted by Gasteiger charge is 2.22. The third-order valence-corrected chi connectivity index (χ3v) is 4.79. The van der Waals surface area contributed by atoms with Crippen LogP contribution in [0.4, 0.5) is 11.4 Å². The van der Waals surface area contributed by atoms with Gasteiger partial charge < -0.3 is 21.3 Å². The van der Waals surface area contributed by atoms with Gasteiger partial charge in [0.05, 0.1) is 5.30 Å². The lowest BCUT2D eigenvalue weighted by Gasteiger charge is -2.14. The first-order valence-corrected chi connectivity index (χ1v) is 8.88. The minimum absolute atomic E-state index is 0.00790. The first-order chi connectivity index (χ1) is 11.3. The van der Waals surface area contributed by atoms with Crippen LogP contribution in [0.15, 0.2) is 66.7 Å². The summed E-state index contributed by atoms with van der Waals surface area (Å²) in [5.41, 5.74) is 15.6. The first-order valence-electron chi connectivity index (χ1n) is 7.26. The van der Waals surface area contributed by atoms with Crippen LogP contribution in [0, 0.1) is 0 Å². The van der Waals surface area contributed by atoms with Gasteiger partial charge in [-0.1, -0.05) is 30.3 Å². The van der Waals surface area contributed by atoms with Crippen LogP contribution in [-0.4, -0.2) is 9.79 Å². The normalized spacial score (nSPS) is 11.4. The van der Waals surface area contributed by atoms with Crippen molar-refractivity contribution < 1.29 is 14.4 Å². The van der Waals surface area contributed by atoms with Crippen LogP contribution >= 0.6 is 7.60 Å². The minimum Gasteiger partial charge on any atom is -0.399 e. The van der Waals surface area contributed by atoms with Crippen LogP contribution in [0.25, 0.3) is 22.3 Å². The average molecular weight is 340 g/mol. The summed E-state index contributed by atoms with van der Waals surface area (Å²) in [7, 11) is -4.40. The van der Waals surface area contributed by atoms with E-state index in [1.807, 2.05) is 12.1 Å². The van der Waals surface area contributed by atoms with E-state index in [1.54, 1.807) is 48.5 Å². The molecule has 0 spiro atoms. The molecule has 0 saturated carbocycles. The van der Waals surface area contributed by atoms with Crippen molar-refractivity contribution in [3.8, 4) is 22.3 Å². The maximum absolute atomic E-state index is 11.8. The Morgan fingerprint density at radius 3 is 1.62 bits per heavy atom. The standard InChI is InChI=1S/C18H17N2O3P/c19-15-6-1-12(2-7-15)14-5-10-18(24(21,22)23)17(11-14)13-3-8-16(20)9-4-13/h1-11H,19-20H2,(H2,21,22,23). The SMILES string of the molecule is Nc1ccc(-c2ccc(P(=O)(O)O)c(-c3ccc(N)cc3)c2)cc1. The quantitative estimate of drug-likeness (QED) is 0.433. The van der Waals surface area contributed by atoms with Gasteiger partial charge in [0.1, 0.15) is 0 Å². The summed E-state index contributed by atoms with van der Waals surface area (Å²) >= 11 is 0. The zero-order chi connectivity index (χ0) is 17.3. The maximum atomic E-state index is 11.8. The topological polar surface area (TPSA) is 110 Å². The summed E-state index contributed by atoms with van der Waals surface area (Å²) in [6.07, 6.45) is 0. The van der Waals surface area contributed by atoms with E-state index in [2.05, 4.69) is 0 Å². The molecule has 0 aliphatic heterocycles. The Balaban J connectivity index is 2.19. The van der Waals surface area contributed by atoms with Crippen molar-refractivity contribution in [2.24, 2.45) is 0 Å². The van der Waals surface area contributed by atoms with Gasteiger partial charge in [0, 0.05) is 11.4 Å². The summed E-state index contributed by atoms with van der Waals surface area (Å²) in [5.74, 6) is 0. The third-order valence-electron chi connectivity index (χ3n) is 3.78. The van der Waals surface area contributed by atoms with E-state index in [0.29, 0.717) is 22.5 Å². The van der Waals surface area contributed by atoms with Crippen LogP contribution in [0.5, 0.6) is 0 Å². The number of hydrogen-bond donors (Lipinski definition) is 4. The molecular weight excluding hydrogens is 323 g/mol. The molecular formula is C18H17N2O3P. The molecule has 0 heterocycles. The Morgan fingerprint density at radius 2 is 1.12 bits per heavy atom. The molecule has 0 radical (unpaired) electrons. The van der Waals surface area contributed by atoms with E-state index in [0.717, 1.165) is 11.1 Å². The molecule has 6 heteroatoms. The van der Waals surface area contributed by atoms with E-state index < -0.39 is 7.60 Å². The van der Waals surface area contributed by atoms with Crippen molar-refractivity contribution in [3.63, 3.8) is 0 Å². The molecule has 6 N–H and O–H groups in total. The van der Waals surface area contributed by atoms with Crippen LogP contribution in [0.3, 0.4) is 0 Å². The molecule has 0 unspecified atom stereocenters. The number of anilines is 2. The van der Waals surface area contributed by atoms with Gasteiger partial charge in [-0.05, 0) is 58.7 Å². The predicted octanol–water partition coefficient (Wildman–Crippen LogP) is 2.99. The Labute approximate surface area is 139 Å². The zero-order valence-electron chi connectivity index (χ0n) is 12.8. The second kappa shape index (κ2) is 6.13. The highest BCUT2D eigenvalue weighted by atomic mass is 31.2. The summed E-state index contributed by atoms with van der Waals surface area (Å²) in [5, 5.41) is -0.00790. The van der Waals surface area contributed by atoms with Crippen LogP contribution < -0.4 is 16.8 Å². The lowest BCUT2D eigenvalue weighted by molar-refractivity contribution is 0.387. The van der Waals surface area contributed by atoms with Gasteiger partial charge in [0.2, 0.25) is 0 Å². The Morgan fingerprint density at radius 1 is 0.667 bits per heavy atom. The van der Waals surface area contributed by atoms with Crippen LogP contribution in [0.2, 0.25) is 0 Å². The van der Waals surface area contributed by atoms with Crippen LogP contribution in [-0.2, 0) is 4.57 Å². The molecule has 0 aliphatic carbocycles. The molecule has 0 aromatic heterocycles. The van der Waals surface area contributed by atoms with Crippen molar-refractivity contribution in [1.29, 1.82) is 0 Å². The Hall–Kier alpha value is -2.59. The van der Waals surface area contributed by atoms with E-state index in [9.17, 15) is 14.4 Å². The molecule has 0 saturated heterocycles. The third kappa shape index (κ3) is 3.34. The molecule has 0 aliphatic rings. The second-order valence-electron chi connectivity index (χ2n) is 5.52. The van der Waals surface area contributed by atoms with E-state index in [1.165, 1.54) is 6.07 Å². The van der Waals surface area contributed by atoms with Gasteiger partial charge in [-0.2, -0.15) is 0 Å². The van der Waals surface area contributed by atoms with Crippen molar-refractivity contribution in [1.82, 2.24) is 0 Å². The molecule has 24 heavy (non-hydrogen) atoms. The van der Waals surface area contributed by atoms with Crippen molar-refractivity contribution in [2.75, 3.05) is 11.5 Å². The van der Waals surface area contributed by atoms with Gasteiger partial charge in [0.15, 0.2) is 0 Å². The molecule has 0 atom stereocenters. The Bertz CT molecular complexity index is 916. The molecule has 0 amide bonds. The number of rotatable bonds is 3. The number of benzene rings is 3. The van der Waals surface area contributed by atoms with Gasteiger partial charge in [0.25, 0.3) is 0 Å². The second-order valence-corrected chi connectivity index (χ2v) is 7.09. The highest BCUT2D eigenvalue weighted by molar-refractivity contribution is 7.60. The average Bonchev–Trinajstić information content (AvgIpc) is 2.55. The molecule has 3 rings (SSSR count). The molecule has 0 fully saturated rings. The lowest BCUT2D eigenvalue weighted by atomic mass is 9.98. The fraction of sp³-hybridized carbons (Fsp3) is 0. The fourth-order valence-electron chi connectivity index (χ4n) is 2.54. The van der Waals surface area contributed by atoms with Crippen molar-refractivity contribution in [3.05, 3.63) is 66.7 Å². The number of nitrogens with two attached hydrogens (primary N) is 2. The predicted molar refractivity (Wildman–Crippen MR) is 97.8 cm³/mol. The largest absolute Gasteiger partial charge is 0.399 e. The number of hydrogen-bond acceptors (Lipinski definition) is 3. The van der Waals surface area contributed by atoms with Crippen molar-refractivity contribution in [2.45, 2.75) is 0 Å². The fourth-order valence-corrected chi connectivity index (χ4v) is 3.32. The van der Waals surface area contributed by atoms with Crippen molar-refractivity contribution >= 4 is 24.3 Å². The van der Waals surface area contributed by atoms with Gasteiger partial charge in [-0.25, -0.2) is 0 Å². The van der Waals surface area contributed by atoms with Gasteiger partial charge >= 0.3 is 7.60 Å². The lowest BCUT2D eigenvalue weighted by Crippen LogP contribution is -2.08. The van der Waals surface area contributed by atoms with Gasteiger partial charge in [-0.3, -0.25) is 4.57 Å². The van der Waals surface area contributed by atoms with Crippen LogP contribution in [0.1, 0.15) is 0 Å². The molecule has 0 bridgehead atoms. The minimum atomic E-state index is -4.40. The van der Waals surface area contributed by atoms with E-state index in [-0.39, 0.29) is 5.30 Å². The van der Waals surface area contributed by atoms with E-state index >= 15 is 0 Å². The summed E-state index contributed by atoms with van der Waals surface area (Å²) in [4.78, 5) is 19.3. The number of nitrogen functional groups attached to an aromatic ring is 2. The summed E-state index contributed by atoms with van der Waals surface area (Å²) in [6, 6.07) is 19.1. The Kier molecular flexibility index (Phi) is 4.16. The molecule has 122 valence electrons. The molecule has 3 aromatic carbocycles. The maximum Gasteiger partial charge on any atom is 0.356 e. The smallest absolute Gasteiger partial charge is 0.356 e. The molecule has 3 aromatic rings. The van der Waals surface area contributed by atoms with E-state index in [4.69, 9.17) is 11.5 Å². The highest BCUT2D eigenvalue weighted by Crippen LogP contribution is 2.39. The molecule has 5 nitrogen and oxygen atoms in total.